The van der Waals surface area contributed by atoms with Crippen LogP contribution >= 0.6 is 21.0 Å². The molecule has 2 N–H and O–H groups in total. The number of carbonyl (C=O) groups is 1. The third-order valence-electron chi connectivity index (χ3n) is 9.84. The normalized spacial score (nSPS) is 14.1. The minimum absolute atomic E-state index is 0.239. The van der Waals surface area contributed by atoms with Crippen molar-refractivity contribution in [3.63, 3.8) is 0 Å². The number of likely N-dealkylation sites (N-methyl/N-ethyl adjacent to an activating group) is 1. The highest BCUT2D eigenvalue weighted by Crippen LogP contribution is 2.37. The van der Waals surface area contributed by atoms with Crippen molar-refractivity contribution in [3.8, 4) is 11.9 Å². The van der Waals surface area contributed by atoms with Gasteiger partial charge in [0, 0.05) is 13.1 Å². The lowest BCUT2D eigenvalue weighted by Crippen LogP contribution is -2.43. The molecule has 296 valence electrons. The van der Waals surface area contributed by atoms with Crippen molar-refractivity contribution in [3.05, 3.63) is 105 Å². The highest BCUT2D eigenvalue weighted by molar-refractivity contribution is 7.99. The Morgan fingerprint density at radius 2 is 1.84 bits per heavy atom. The van der Waals surface area contributed by atoms with E-state index in [0.29, 0.717) is 48.3 Å². The first-order valence-electron chi connectivity index (χ1n) is 18.7. The largest absolute Gasteiger partial charge is 0.331 e. The SMILES string of the molecule is CCC1CCC1.CSC(NC#N)NCCCC(c1nc2ccccc2c(=O)n1-c1ccc(C)cc1)N(CCN(C)C)C(=O)Cc1ccc(C(F)(F)P)c(F)c1. The van der Waals surface area contributed by atoms with E-state index in [-0.39, 0.29) is 35.5 Å². The Hall–Kier alpha value is -3.95. The van der Waals surface area contributed by atoms with Gasteiger partial charge in [-0.3, -0.25) is 24.8 Å². The fourth-order valence-corrected chi connectivity index (χ4v) is 7.09. The lowest BCUT2D eigenvalue weighted by molar-refractivity contribution is -0.133. The molecule has 4 aromatic rings. The number of aromatic nitrogens is 2. The van der Waals surface area contributed by atoms with Gasteiger partial charge in [-0.05, 0) is 94.5 Å². The summed E-state index contributed by atoms with van der Waals surface area (Å²) in [6.07, 6.45) is 10.4. The smallest absolute Gasteiger partial charge is 0.286 e. The fraction of sp³-hybridized carbons (Fsp3) is 0.463. The number of nitriles is 1. The topological polar surface area (TPSA) is 106 Å². The van der Waals surface area contributed by atoms with Crippen LogP contribution < -0.4 is 16.2 Å². The number of benzene rings is 3. The Bertz CT molecular complexity index is 1960. The number of nitrogens with one attached hydrogen (secondary N) is 2. The van der Waals surface area contributed by atoms with Crippen LogP contribution in [-0.4, -0.2) is 70.7 Å². The van der Waals surface area contributed by atoms with Crippen LogP contribution in [-0.2, 0) is 16.9 Å². The number of thioether (sulfide) groups is 1. The van der Waals surface area contributed by atoms with Crippen LogP contribution in [0.2, 0.25) is 0 Å². The van der Waals surface area contributed by atoms with Gasteiger partial charge < -0.3 is 9.80 Å². The van der Waals surface area contributed by atoms with Gasteiger partial charge in [0.1, 0.15) is 17.1 Å². The summed E-state index contributed by atoms with van der Waals surface area (Å²) in [6, 6.07) is 17.1. The fourth-order valence-electron chi connectivity index (χ4n) is 6.40. The number of amides is 1. The van der Waals surface area contributed by atoms with Crippen molar-refractivity contribution in [2.75, 3.05) is 40.0 Å². The zero-order valence-electron chi connectivity index (χ0n) is 32.3. The molecule has 55 heavy (non-hydrogen) atoms. The molecule has 0 radical (unpaired) electrons. The lowest BCUT2D eigenvalue weighted by atomic mass is 9.84. The maximum atomic E-state index is 14.8. The van der Waals surface area contributed by atoms with Gasteiger partial charge >= 0.3 is 0 Å². The third kappa shape index (κ3) is 12.3. The number of hydrogen-bond donors (Lipinski definition) is 2. The van der Waals surface area contributed by atoms with Gasteiger partial charge in [-0.1, -0.05) is 77.7 Å². The Morgan fingerprint density at radius 3 is 2.40 bits per heavy atom. The summed E-state index contributed by atoms with van der Waals surface area (Å²) < 4.78 is 44.1. The molecule has 1 saturated carbocycles. The van der Waals surface area contributed by atoms with Crippen molar-refractivity contribution in [2.45, 2.75) is 76.0 Å². The molecule has 0 bridgehead atoms. The van der Waals surface area contributed by atoms with Gasteiger partial charge in [0.05, 0.1) is 34.6 Å². The molecular formula is C41H53F3N7O2PS. The highest BCUT2D eigenvalue weighted by Gasteiger charge is 2.32. The van der Waals surface area contributed by atoms with Crippen molar-refractivity contribution in [1.82, 2.24) is 30.0 Å². The zero-order valence-corrected chi connectivity index (χ0v) is 34.3. The molecule has 9 nitrogen and oxygen atoms in total. The second kappa shape index (κ2) is 20.8. The number of hydrogen-bond acceptors (Lipinski definition) is 8. The zero-order chi connectivity index (χ0) is 40.1. The standard InChI is InChI=1S/C35H41F3N7O2PS.C6H12/c1-23-11-14-25(15-12-23)45-32(42-29-9-6-5-8-26(29)33(45)47)30(10-7-17-40-34(49-4)41-22-39)44(19-18-43(2)3)31(46)21-24-13-16-27(28(36)20-24)35(37,38)48;1-2-6-4-3-5-6/h5-6,8-9,11-16,20,30,34,40-41H,7,10,17-19,21,48H2,1-4H3;6H,2-5H2,1H3. The molecule has 5 rings (SSSR count). The van der Waals surface area contributed by atoms with Crippen LogP contribution in [0.5, 0.6) is 0 Å². The average Bonchev–Trinajstić information content (AvgIpc) is 3.11. The second-order valence-electron chi connectivity index (χ2n) is 14.2. The molecule has 1 heterocycles. The van der Waals surface area contributed by atoms with Gasteiger partial charge in [0.25, 0.3) is 11.2 Å². The van der Waals surface area contributed by atoms with Crippen molar-refractivity contribution < 1.29 is 18.0 Å². The number of nitrogens with zero attached hydrogens (tertiary/aromatic N) is 5. The molecule has 1 aliphatic rings. The van der Waals surface area contributed by atoms with E-state index in [4.69, 9.17) is 10.2 Å². The summed E-state index contributed by atoms with van der Waals surface area (Å²) in [5.41, 5.74) is -2.53. The van der Waals surface area contributed by atoms with Crippen LogP contribution in [0.4, 0.5) is 13.2 Å². The maximum absolute atomic E-state index is 14.8. The number of alkyl halides is 2. The van der Waals surface area contributed by atoms with E-state index in [0.717, 1.165) is 23.6 Å². The minimum Gasteiger partial charge on any atom is -0.331 e. The number of para-hydroxylation sites is 1. The molecule has 3 aromatic carbocycles. The number of carbonyl (C=O) groups excluding carboxylic acids is 1. The highest BCUT2D eigenvalue weighted by atomic mass is 32.2. The monoisotopic (exact) mass is 795 g/mol. The molecule has 3 atom stereocenters. The van der Waals surface area contributed by atoms with Gasteiger partial charge in [0.2, 0.25) is 5.91 Å². The molecular weight excluding hydrogens is 743 g/mol. The van der Waals surface area contributed by atoms with E-state index in [1.54, 1.807) is 33.7 Å². The number of fused-ring (bicyclic) bond motifs is 1. The molecule has 1 fully saturated rings. The number of rotatable bonds is 17. The van der Waals surface area contributed by atoms with Crippen LogP contribution in [0.3, 0.4) is 0 Å². The van der Waals surface area contributed by atoms with Crippen molar-refractivity contribution in [2.24, 2.45) is 5.92 Å². The van der Waals surface area contributed by atoms with E-state index in [9.17, 15) is 22.8 Å². The van der Waals surface area contributed by atoms with Crippen LogP contribution in [0.25, 0.3) is 16.6 Å². The Balaban J connectivity index is 0.00000102. The summed E-state index contributed by atoms with van der Waals surface area (Å²) in [5.74, 6) is -0.00695. The Kier molecular flexibility index (Phi) is 16.6. The van der Waals surface area contributed by atoms with E-state index >= 15 is 0 Å². The molecule has 14 heteroatoms. The second-order valence-corrected chi connectivity index (χ2v) is 15.8. The van der Waals surface area contributed by atoms with Gasteiger partial charge in [-0.15, -0.1) is 11.8 Å². The van der Waals surface area contributed by atoms with E-state index < -0.39 is 23.1 Å². The number of aryl methyl sites for hydroxylation is 1. The molecule has 1 aromatic heterocycles. The number of halogens is 3. The van der Waals surface area contributed by atoms with Crippen molar-refractivity contribution in [1.29, 1.82) is 5.26 Å². The van der Waals surface area contributed by atoms with Crippen molar-refractivity contribution >= 4 is 37.8 Å². The van der Waals surface area contributed by atoms with Gasteiger partial charge in [-0.2, -0.15) is 14.0 Å². The molecule has 1 aliphatic carbocycles. The third-order valence-corrected chi connectivity index (χ3v) is 10.9. The molecule has 0 saturated heterocycles. The van der Waals surface area contributed by atoms with E-state index in [1.807, 2.05) is 62.6 Å². The summed E-state index contributed by atoms with van der Waals surface area (Å²) in [4.78, 5) is 37.1. The summed E-state index contributed by atoms with van der Waals surface area (Å²) in [7, 11) is 5.08. The predicted octanol–water partition coefficient (Wildman–Crippen LogP) is 7.72. The summed E-state index contributed by atoms with van der Waals surface area (Å²) in [5, 5.41) is 15.5. The Labute approximate surface area is 329 Å². The van der Waals surface area contributed by atoms with E-state index in [1.165, 1.54) is 52.8 Å². The molecule has 3 unspecified atom stereocenters. The lowest BCUT2D eigenvalue weighted by Gasteiger charge is -2.34. The summed E-state index contributed by atoms with van der Waals surface area (Å²) >= 11 is 1.43. The first kappa shape index (κ1) is 43.8. The van der Waals surface area contributed by atoms with Gasteiger partial charge in [0.15, 0.2) is 6.19 Å². The first-order chi connectivity index (χ1) is 26.3. The molecule has 1 amide bonds. The van der Waals surface area contributed by atoms with Crippen LogP contribution in [0.1, 0.15) is 74.0 Å². The molecule has 0 spiro atoms. The average molecular weight is 796 g/mol. The van der Waals surface area contributed by atoms with Crippen LogP contribution in [0, 0.1) is 30.1 Å². The minimum atomic E-state index is -3.46. The first-order valence-corrected chi connectivity index (χ1v) is 20.5. The van der Waals surface area contributed by atoms with E-state index in [2.05, 4.69) is 17.6 Å². The summed E-state index contributed by atoms with van der Waals surface area (Å²) in [6.45, 7) is 5.42. The van der Waals surface area contributed by atoms with Gasteiger partial charge in [-0.25, -0.2) is 9.37 Å². The quantitative estimate of drug-likeness (QED) is 0.0368. The molecule has 0 aliphatic heterocycles. The van der Waals surface area contributed by atoms with Crippen LogP contribution in [0.15, 0.2) is 71.5 Å². The predicted molar refractivity (Wildman–Crippen MR) is 220 cm³/mol. The Morgan fingerprint density at radius 1 is 1.13 bits per heavy atom. The maximum Gasteiger partial charge on any atom is 0.286 e.